The van der Waals surface area contributed by atoms with Gasteiger partial charge in [0.2, 0.25) is 5.91 Å². The van der Waals surface area contributed by atoms with Gasteiger partial charge in [-0.2, -0.15) is 0 Å². The Hall–Kier alpha value is -1.72. The van der Waals surface area contributed by atoms with E-state index in [1.807, 2.05) is 30.3 Å². The monoisotopic (exact) mass is 357 g/mol. The largest absolute Gasteiger partial charge is 0.325 e. The standard InChI is InChI=1S/C20H31N3OSi/c1-4-25(5-2,6-3)14-8-12-21-16-20(24)23-18-10-11-19-17(15-18)9-7-13-22-19/h7,9-11,13,15,21H,4-6,8,12,14,16H2,1-3H3,(H,23,24). The zero-order valence-corrected chi connectivity index (χ0v) is 16.8. The molecule has 2 rings (SSSR count). The van der Waals surface area contributed by atoms with E-state index in [-0.39, 0.29) is 5.91 Å². The highest BCUT2D eigenvalue weighted by atomic mass is 28.3. The molecule has 1 aromatic heterocycles. The van der Waals surface area contributed by atoms with Crippen LogP contribution in [0.3, 0.4) is 0 Å². The molecule has 0 fully saturated rings. The van der Waals surface area contributed by atoms with E-state index in [0.717, 1.165) is 23.1 Å². The van der Waals surface area contributed by atoms with Crippen molar-refractivity contribution in [2.75, 3.05) is 18.4 Å². The third kappa shape index (κ3) is 5.65. The number of benzene rings is 1. The van der Waals surface area contributed by atoms with E-state index in [0.29, 0.717) is 6.54 Å². The van der Waals surface area contributed by atoms with E-state index < -0.39 is 8.07 Å². The Bertz CT molecular complexity index is 677. The van der Waals surface area contributed by atoms with Crippen LogP contribution in [0, 0.1) is 0 Å². The molecule has 1 amide bonds. The molecular weight excluding hydrogens is 326 g/mol. The second-order valence-corrected chi connectivity index (χ2v) is 12.4. The molecule has 0 aliphatic carbocycles. The second kappa shape index (κ2) is 9.68. The lowest BCUT2D eigenvalue weighted by Gasteiger charge is -2.28. The fourth-order valence-electron chi connectivity index (χ4n) is 3.43. The topological polar surface area (TPSA) is 54.0 Å². The number of amides is 1. The van der Waals surface area contributed by atoms with Crippen molar-refractivity contribution in [3.05, 3.63) is 36.5 Å². The van der Waals surface area contributed by atoms with Gasteiger partial charge in [-0.3, -0.25) is 9.78 Å². The van der Waals surface area contributed by atoms with E-state index in [9.17, 15) is 4.79 Å². The van der Waals surface area contributed by atoms with Crippen LogP contribution in [0.25, 0.3) is 10.9 Å². The first-order valence-corrected chi connectivity index (χ1v) is 12.3. The molecular formula is C20H31N3OSi. The van der Waals surface area contributed by atoms with Crippen molar-refractivity contribution >= 4 is 30.6 Å². The Kier molecular flexibility index (Phi) is 7.59. The fraction of sp³-hybridized carbons (Fsp3) is 0.500. The summed E-state index contributed by atoms with van der Waals surface area (Å²) in [5.74, 6) is 0.00761. The molecule has 2 N–H and O–H groups in total. The molecule has 2 aromatic rings. The van der Waals surface area contributed by atoms with Gasteiger partial charge in [-0.15, -0.1) is 0 Å². The van der Waals surface area contributed by atoms with Gasteiger partial charge in [-0.1, -0.05) is 51.0 Å². The van der Waals surface area contributed by atoms with Crippen molar-refractivity contribution in [2.24, 2.45) is 0 Å². The molecule has 25 heavy (non-hydrogen) atoms. The number of nitrogens with one attached hydrogen (secondary N) is 2. The molecule has 1 heterocycles. The first-order valence-electron chi connectivity index (χ1n) is 9.48. The molecule has 0 aliphatic heterocycles. The van der Waals surface area contributed by atoms with Crippen LogP contribution in [0.4, 0.5) is 5.69 Å². The molecule has 0 atom stereocenters. The molecule has 0 aliphatic rings. The maximum absolute atomic E-state index is 12.1. The Morgan fingerprint density at radius 1 is 1.12 bits per heavy atom. The summed E-state index contributed by atoms with van der Waals surface area (Å²) in [7, 11) is -1.03. The molecule has 0 spiro atoms. The van der Waals surface area contributed by atoms with Crippen molar-refractivity contribution < 1.29 is 4.79 Å². The predicted molar refractivity (Wildman–Crippen MR) is 110 cm³/mol. The number of nitrogens with zero attached hydrogens (tertiary/aromatic N) is 1. The van der Waals surface area contributed by atoms with Gasteiger partial charge in [-0.25, -0.2) is 0 Å². The molecule has 0 saturated heterocycles. The molecule has 0 saturated carbocycles. The highest BCUT2D eigenvalue weighted by molar-refractivity contribution is 6.79. The van der Waals surface area contributed by atoms with Gasteiger partial charge >= 0.3 is 0 Å². The fourth-order valence-corrected chi connectivity index (χ4v) is 6.92. The summed E-state index contributed by atoms with van der Waals surface area (Å²) in [4.78, 5) is 16.4. The summed E-state index contributed by atoms with van der Waals surface area (Å²) in [6, 6.07) is 15.2. The van der Waals surface area contributed by atoms with Crippen LogP contribution in [-0.2, 0) is 4.79 Å². The number of fused-ring (bicyclic) bond motifs is 1. The molecule has 0 unspecified atom stereocenters. The molecule has 0 bridgehead atoms. The number of hydrogen-bond donors (Lipinski definition) is 2. The Labute approximate surface area is 152 Å². The SMILES string of the molecule is CC[Si](CC)(CC)CCCNCC(=O)Nc1ccc2ncccc2c1. The van der Waals surface area contributed by atoms with Crippen molar-refractivity contribution in [3.8, 4) is 0 Å². The van der Waals surface area contributed by atoms with Crippen LogP contribution in [0.5, 0.6) is 0 Å². The van der Waals surface area contributed by atoms with Gasteiger partial charge in [0.15, 0.2) is 0 Å². The van der Waals surface area contributed by atoms with E-state index in [1.54, 1.807) is 6.20 Å². The van der Waals surface area contributed by atoms with Crippen LogP contribution in [-0.4, -0.2) is 32.1 Å². The van der Waals surface area contributed by atoms with Gasteiger partial charge < -0.3 is 10.6 Å². The quantitative estimate of drug-likeness (QED) is 0.480. The minimum atomic E-state index is -1.03. The number of anilines is 1. The lowest BCUT2D eigenvalue weighted by Crippen LogP contribution is -2.33. The van der Waals surface area contributed by atoms with E-state index in [4.69, 9.17) is 0 Å². The number of rotatable bonds is 10. The Balaban J connectivity index is 1.73. The minimum Gasteiger partial charge on any atom is -0.325 e. The average molecular weight is 358 g/mol. The molecule has 5 heteroatoms. The maximum Gasteiger partial charge on any atom is 0.238 e. The maximum atomic E-state index is 12.1. The Morgan fingerprint density at radius 2 is 1.88 bits per heavy atom. The molecule has 136 valence electrons. The van der Waals surface area contributed by atoms with Crippen molar-refractivity contribution in [1.82, 2.24) is 10.3 Å². The van der Waals surface area contributed by atoms with Gasteiger partial charge in [-0.05, 0) is 37.2 Å². The number of pyridine rings is 1. The van der Waals surface area contributed by atoms with Gasteiger partial charge in [0.25, 0.3) is 0 Å². The van der Waals surface area contributed by atoms with Crippen molar-refractivity contribution in [1.29, 1.82) is 0 Å². The van der Waals surface area contributed by atoms with E-state index in [2.05, 4.69) is 36.4 Å². The zero-order chi connectivity index (χ0) is 18.1. The summed E-state index contributed by atoms with van der Waals surface area (Å²) in [5.41, 5.74) is 1.76. The first-order chi connectivity index (χ1) is 12.1. The Morgan fingerprint density at radius 3 is 2.60 bits per heavy atom. The summed E-state index contributed by atoms with van der Waals surface area (Å²) >= 11 is 0. The number of carbonyl (C=O) groups is 1. The number of aromatic nitrogens is 1. The van der Waals surface area contributed by atoms with Crippen molar-refractivity contribution in [3.63, 3.8) is 0 Å². The van der Waals surface area contributed by atoms with Gasteiger partial charge in [0.05, 0.1) is 20.1 Å². The summed E-state index contributed by atoms with van der Waals surface area (Å²) < 4.78 is 0. The van der Waals surface area contributed by atoms with Crippen LogP contribution in [0.1, 0.15) is 27.2 Å². The minimum absolute atomic E-state index is 0.00761. The molecule has 0 radical (unpaired) electrons. The summed E-state index contributed by atoms with van der Waals surface area (Å²) in [6.07, 6.45) is 2.95. The third-order valence-corrected chi connectivity index (χ3v) is 11.4. The number of carbonyl (C=O) groups excluding carboxylic acids is 1. The smallest absolute Gasteiger partial charge is 0.238 e. The molecule has 1 aromatic carbocycles. The van der Waals surface area contributed by atoms with Gasteiger partial charge in [0.1, 0.15) is 0 Å². The van der Waals surface area contributed by atoms with Crippen LogP contribution in [0.15, 0.2) is 36.5 Å². The highest BCUT2D eigenvalue weighted by Gasteiger charge is 2.25. The first kappa shape index (κ1) is 19.6. The summed E-state index contributed by atoms with van der Waals surface area (Å²) in [6.45, 7) is 8.32. The normalized spacial score (nSPS) is 11.6. The lowest BCUT2D eigenvalue weighted by atomic mass is 10.2. The van der Waals surface area contributed by atoms with Gasteiger partial charge in [0, 0.05) is 17.3 Å². The van der Waals surface area contributed by atoms with Crippen LogP contribution >= 0.6 is 0 Å². The number of hydrogen-bond acceptors (Lipinski definition) is 3. The average Bonchev–Trinajstić information content (AvgIpc) is 2.65. The predicted octanol–water partition coefficient (Wildman–Crippen LogP) is 4.66. The highest BCUT2D eigenvalue weighted by Crippen LogP contribution is 2.26. The second-order valence-electron chi connectivity index (χ2n) is 6.80. The summed E-state index contributed by atoms with van der Waals surface area (Å²) in [5, 5.41) is 7.27. The van der Waals surface area contributed by atoms with E-state index in [1.165, 1.54) is 30.6 Å². The lowest BCUT2D eigenvalue weighted by molar-refractivity contribution is -0.115. The van der Waals surface area contributed by atoms with Crippen LogP contribution in [0.2, 0.25) is 24.2 Å². The van der Waals surface area contributed by atoms with E-state index >= 15 is 0 Å². The van der Waals surface area contributed by atoms with Crippen molar-refractivity contribution in [2.45, 2.75) is 51.4 Å². The zero-order valence-electron chi connectivity index (χ0n) is 15.8. The van der Waals surface area contributed by atoms with Crippen LogP contribution < -0.4 is 10.6 Å². The third-order valence-electron chi connectivity index (χ3n) is 5.48. The molecule has 4 nitrogen and oxygen atoms in total.